The number of nitrogens with two attached hydrogens (primary N) is 1. The van der Waals surface area contributed by atoms with Gasteiger partial charge in [0, 0.05) is 6.54 Å². The number of anilines is 2. The molecule has 0 radical (unpaired) electrons. The number of unbranched alkanes of at least 4 members (excludes halogenated alkanes) is 3. The quantitative estimate of drug-likeness (QED) is 0.339. The Hall–Kier alpha value is -1.63. The molecule has 0 unspecified atom stereocenters. The zero-order valence-corrected chi connectivity index (χ0v) is 11.8. The van der Waals surface area contributed by atoms with Crippen molar-refractivity contribution in [2.45, 2.75) is 46.0 Å². The summed E-state index contributed by atoms with van der Waals surface area (Å²) in [5.74, 6) is 6.12. The molecule has 4 N–H and O–H groups in total. The third-order valence-electron chi connectivity index (χ3n) is 2.49. The van der Waals surface area contributed by atoms with Crippen molar-refractivity contribution >= 4 is 11.9 Å². The van der Waals surface area contributed by atoms with Gasteiger partial charge in [-0.05, 0) is 12.8 Å². The SMILES string of the molecule is CCCCCCNc1nc(NN)nc(OCCC)n1. The molecule has 0 saturated heterocycles. The van der Waals surface area contributed by atoms with Gasteiger partial charge in [-0.3, -0.25) is 5.43 Å². The van der Waals surface area contributed by atoms with Crippen molar-refractivity contribution in [3.63, 3.8) is 0 Å². The van der Waals surface area contributed by atoms with Crippen molar-refractivity contribution < 1.29 is 4.74 Å². The molecule has 1 heterocycles. The van der Waals surface area contributed by atoms with Crippen LogP contribution in [0.25, 0.3) is 0 Å². The summed E-state index contributed by atoms with van der Waals surface area (Å²) in [7, 11) is 0. The van der Waals surface area contributed by atoms with Crippen LogP contribution in [0.5, 0.6) is 6.01 Å². The highest BCUT2D eigenvalue weighted by atomic mass is 16.5. The summed E-state index contributed by atoms with van der Waals surface area (Å²) < 4.78 is 5.39. The first-order valence-corrected chi connectivity index (χ1v) is 6.89. The van der Waals surface area contributed by atoms with Gasteiger partial charge < -0.3 is 10.1 Å². The molecule has 19 heavy (non-hydrogen) atoms. The number of rotatable bonds is 10. The van der Waals surface area contributed by atoms with Crippen LogP contribution in [0.4, 0.5) is 11.9 Å². The van der Waals surface area contributed by atoms with Gasteiger partial charge in [0.2, 0.25) is 11.9 Å². The smallest absolute Gasteiger partial charge is 0.323 e. The van der Waals surface area contributed by atoms with E-state index >= 15 is 0 Å². The summed E-state index contributed by atoms with van der Waals surface area (Å²) in [6, 6.07) is 0.292. The molecule has 0 amide bonds. The Morgan fingerprint density at radius 2 is 1.79 bits per heavy atom. The van der Waals surface area contributed by atoms with E-state index in [2.05, 4.69) is 32.6 Å². The molecule has 7 heteroatoms. The second-order valence-electron chi connectivity index (χ2n) is 4.25. The van der Waals surface area contributed by atoms with Crippen molar-refractivity contribution in [2.75, 3.05) is 23.9 Å². The van der Waals surface area contributed by atoms with Gasteiger partial charge in [-0.2, -0.15) is 15.0 Å². The minimum absolute atomic E-state index is 0.292. The summed E-state index contributed by atoms with van der Waals surface area (Å²) in [6.45, 7) is 5.62. The zero-order valence-electron chi connectivity index (χ0n) is 11.8. The average Bonchev–Trinajstić information content (AvgIpc) is 2.44. The Morgan fingerprint density at radius 1 is 1.00 bits per heavy atom. The van der Waals surface area contributed by atoms with Crippen LogP contribution >= 0.6 is 0 Å². The van der Waals surface area contributed by atoms with E-state index in [1.54, 1.807) is 0 Å². The van der Waals surface area contributed by atoms with E-state index in [1.165, 1.54) is 19.3 Å². The van der Waals surface area contributed by atoms with E-state index in [0.29, 0.717) is 24.5 Å². The highest BCUT2D eigenvalue weighted by Gasteiger charge is 2.06. The molecule has 0 spiro atoms. The van der Waals surface area contributed by atoms with E-state index < -0.39 is 0 Å². The number of nitrogens with one attached hydrogen (secondary N) is 2. The van der Waals surface area contributed by atoms with Gasteiger partial charge >= 0.3 is 6.01 Å². The van der Waals surface area contributed by atoms with Crippen LogP contribution in [-0.2, 0) is 0 Å². The van der Waals surface area contributed by atoms with Crippen LogP contribution in [-0.4, -0.2) is 28.1 Å². The molecule has 7 nitrogen and oxygen atoms in total. The van der Waals surface area contributed by atoms with Crippen molar-refractivity contribution in [2.24, 2.45) is 5.84 Å². The third kappa shape index (κ3) is 6.19. The van der Waals surface area contributed by atoms with Gasteiger partial charge in [0.15, 0.2) is 0 Å². The minimum Gasteiger partial charge on any atom is -0.463 e. The third-order valence-corrected chi connectivity index (χ3v) is 2.49. The Labute approximate surface area is 114 Å². The lowest BCUT2D eigenvalue weighted by Crippen LogP contribution is -2.15. The van der Waals surface area contributed by atoms with Gasteiger partial charge in [0.1, 0.15) is 0 Å². The Bertz CT molecular complexity index is 360. The number of ether oxygens (including phenoxy) is 1. The molecule has 0 aliphatic rings. The molecule has 0 bridgehead atoms. The molecule has 0 fully saturated rings. The molecule has 0 aliphatic carbocycles. The highest BCUT2D eigenvalue weighted by molar-refractivity contribution is 5.34. The monoisotopic (exact) mass is 268 g/mol. The fourth-order valence-corrected chi connectivity index (χ4v) is 1.51. The van der Waals surface area contributed by atoms with Crippen molar-refractivity contribution in [3.8, 4) is 6.01 Å². The van der Waals surface area contributed by atoms with Gasteiger partial charge in [0.25, 0.3) is 0 Å². The van der Waals surface area contributed by atoms with Crippen LogP contribution in [0.1, 0.15) is 46.0 Å². The fraction of sp³-hybridized carbons (Fsp3) is 0.750. The number of aromatic nitrogens is 3. The van der Waals surface area contributed by atoms with E-state index in [0.717, 1.165) is 19.4 Å². The topological polar surface area (TPSA) is 98.0 Å². The average molecular weight is 268 g/mol. The van der Waals surface area contributed by atoms with Crippen LogP contribution in [0.2, 0.25) is 0 Å². The van der Waals surface area contributed by atoms with Crippen LogP contribution in [0.15, 0.2) is 0 Å². The van der Waals surface area contributed by atoms with Crippen molar-refractivity contribution in [1.82, 2.24) is 15.0 Å². The first-order chi connectivity index (χ1) is 9.30. The number of hydrogen-bond acceptors (Lipinski definition) is 7. The standard InChI is InChI=1S/C12H24N6O/c1-3-5-6-7-8-14-10-15-11(18-13)17-12(16-10)19-9-4-2/h3-9,13H2,1-2H3,(H2,14,15,16,17,18). The van der Waals surface area contributed by atoms with E-state index in [-0.39, 0.29) is 0 Å². The van der Waals surface area contributed by atoms with E-state index in [1.807, 2.05) is 6.92 Å². The van der Waals surface area contributed by atoms with Crippen LogP contribution in [0, 0.1) is 0 Å². The number of nitrogens with zero attached hydrogens (tertiary/aromatic N) is 3. The van der Waals surface area contributed by atoms with Crippen molar-refractivity contribution in [1.29, 1.82) is 0 Å². The lowest BCUT2D eigenvalue weighted by molar-refractivity contribution is 0.292. The molecule has 1 aromatic rings. The second-order valence-corrected chi connectivity index (χ2v) is 4.25. The molecular formula is C12H24N6O. The summed E-state index contributed by atoms with van der Waals surface area (Å²) in [6.07, 6.45) is 5.67. The lowest BCUT2D eigenvalue weighted by atomic mass is 10.2. The lowest BCUT2D eigenvalue weighted by Gasteiger charge is -2.08. The Morgan fingerprint density at radius 3 is 2.47 bits per heavy atom. The molecule has 108 valence electrons. The molecular weight excluding hydrogens is 244 g/mol. The molecule has 0 saturated carbocycles. The molecule has 1 aromatic heterocycles. The summed E-state index contributed by atoms with van der Waals surface area (Å²) >= 11 is 0. The predicted octanol–water partition coefficient (Wildman–Crippen LogP) is 1.94. The molecule has 0 aliphatic heterocycles. The summed E-state index contributed by atoms with van der Waals surface area (Å²) in [5, 5.41) is 3.16. The maximum atomic E-state index is 5.39. The Kier molecular flexibility index (Phi) is 7.57. The predicted molar refractivity (Wildman–Crippen MR) is 76.1 cm³/mol. The van der Waals surface area contributed by atoms with Gasteiger partial charge in [-0.1, -0.05) is 33.1 Å². The van der Waals surface area contributed by atoms with Gasteiger partial charge in [-0.15, -0.1) is 0 Å². The van der Waals surface area contributed by atoms with E-state index in [9.17, 15) is 0 Å². The molecule has 0 atom stereocenters. The Balaban J connectivity index is 2.50. The largest absolute Gasteiger partial charge is 0.463 e. The van der Waals surface area contributed by atoms with Crippen LogP contribution in [0.3, 0.4) is 0 Å². The molecule has 0 aromatic carbocycles. The van der Waals surface area contributed by atoms with Crippen molar-refractivity contribution in [3.05, 3.63) is 0 Å². The van der Waals surface area contributed by atoms with Gasteiger partial charge in [-0.25, -0.2) is 5.84 Å². The number of hydrazine groups is 1. The maximum absolute atomic E-state index is 5.39. The first kappa shape index (κ1) is 15.4. The summed E-state index contributed by atoms with van der Waals surface area (Å²) in [5.41, 5.74) is 2.41. The molecule has 1 rings (SSSR count). The minimum atomic E-state index is 0.292. The zero-order chi connectivity index (χ0) is 13.9. The van der Waals surface area contributed by atoms with Gasteiger partial charge in [0.05, 0.1) is 6.61 Å². The number of nitrogen functional groups attached to an aromatic ring is 1. The fourth-order valence-electron chi connectivity index (χ4n) is 1.51. The normalized spacial score (nSPS) is 10.3. The number of hydrogen-bond donors (Lipinski definition) is 3. The highest BCUT2D eigenvalue weighted by Crippen LogP contribution is 2.11. The van der Waals surface area contributed by atoms with E-state index in [4.69, 9.17) is 10.6 Å². The second kappa shape index (κ2) is 9.32. The van der Waals surface area contributed by atoms with Crippen LogP contribution < -0.4 is 21.3 Å². The summed E-state index contributed by atoms with van der Waals surface area (Å²) in [4.78, 5) is 12.3. The maximum Gasteiger partial charge on any atom is 0.323 e. The first-order valence-electron chi connectivity index (χ1n) is 6.89.